The van der Waals surface area contributed by atoms with Gasteiger partial charge >= 0.3 is 0 Å². The van der Waals surface area contributed by atoms with Crippen LogP contribution in [0, 0.1) is 13.8 Å². The van der Waals surface area contributed by atoms with Crippen LogP contribution in [0.1, 0.15) is 22.3 Å². The highest BCUT2D eigenvalue weighted by Gasteiger charge is 2.35. The number of hydrogen-bond acceptors (Lipinski definition) is 4. The van der Waals surface area contributed by atoms with Crippen molar-refractivity contribution in [1.82, 2.24) is 10.2 Å². The maximum Gasteiger partial charge on any atom is 0.264 e. The van der Waals surface area contributed by atoms with Crippen LogP contribution in [0.2, 0.25) is 5.02 Å². The minimum Gasteiger partial charge on any atom is -0.357 e. The summed E-state index contributed by atoms with van der Waals surface area (Å²) in [7, 11) is -2.66. The Labute approximate surface area is 252 Å². The summed E-state index contributed by atoms with van der Waals surface area (Å²) in [6.07, 6.45) is 0.250. The normalized spacial score (nSPS) is 11.9. The lowest BCUT2D eigenvalue weighted by atomic mass is 10.0. The number of likely N-dealkylation sites (N-methyl/N-ethyl adjacent to an activating group) is 1. The zero-order chi connectivity index (χ0) is 30.3. The second-order valence-corrected chi connectivity index (χ2v) is 12.2. The number of carbonyl (C=O) groups is 2. The van der Waals surface area contributed by atoms with Crippen molar-refractivity contribution in [3.05, 3.63) is 130 Å². The molecule has 9 heteroatoms. The van der Waals surface area contributed by atoms with Crippen molar-refractivity contribution in [1.29, 1.82) is 0 Å². The van der Waals surface area contributed by atoms with E-state index in [4.69, 9.17) is 11.6 Å². The van der Waals surface area contributed by atoms with E-state index in [2.05, 4.69) is 5.32 Å². The van der Waals surface area contributed by atoms with E-state index >= 15 is 0 Å². The van der Waals surface area contributed by atoms with Crippen molar-refractivity contribution in [2.75, 3.05) is 17.9 Å². The Kier molecular flexibility index (Phi) is 10.0. The minimum absolute atomic E-state index is 0.0368. The number of amides is 2. The molecule has 2 amide bonds. The summed E-state index contributed by atoms with van der Waals surface area (Å²) in [5, 5.41) is 3.07. The molecule has 0 saturated carbocycles. The monoisotopic (exact) mass is 603 g/mol. The second kappa shape index (κ2) is 13.7. The third kappa shape index (κ3) is 7.01. The zero-order valence-electron chi connectivity index (χ0n) is 23.8. The first-order valence-corrected chi connectivity index (χ1v) is 15.4. The molecule has 0 spiro atoms. The summed E-state index contributed by atoms with van der Waals surface area (Å²) in [4.78, 5) is 29.2. The lowest BCUT2D eigenvalue weighted by Gasteiger charge is -2.34. The van der Waals surface area contributed by atoms with Crippen molar-refractivity contribution in [3.63, 3.8) is 0 Å². The van der Waals surface area contributed by atoms with Crippen molar-refractivity contribution >= 4 is 39.1 Å². The highest BCUT2D eigenvalue weighted by molar-refractivity contribution is 7.92. The topological polar surface area (TPSA) is 86.8 Å². The first kappa shape index (κ1) is 30.8. The molecule has 1 atom stereocenters. The first-order chi connectivity index (χ1) is 20.1. The van der Waals surface area contributed by atoms with E-state index in [0.29, 0.717) is 10.6 Å². The van der Waals surface area contributed by atoms with Crippen LogP contribution in [-0.2, 0) is 32.6 Å². The SMILES string of the molecule is CNC(=O)[C@@H](Cc1ccccc1)N(Cc1ccccc1C)C(=O)CN(c1cccc(Cl)c1C)S(=O)(=O)c1ccccc1. The van der Waals surface area contributed by atoms with E-state index in [9.17, 15) is 18.0 Å². The van der Waals surface area contributed by atoms with Gasteiger partial charge in [-0.2, -0.15) is 0 Å². The number of anilines is 1. The number of carbonyl (C=O) groups excluding carboxylic acids is 2. The molecule has 7 nitrogen and oxygen atoms in total. The van der Waals surface area contributed by atoms with Gasteiger partial charge in [0.15, 0.2) is 0 Å². The van der Waals surface area contributed by atoms with Crippen LogP contribution in [0.4, 0.5) is 5.69 Å². The summed E-state index contributed by atoms with van der Waals surface area (Å²) in [6, 6.07) is 29.0. The molecule has 0 aliphatic carbocycles. The molecule has 0 heterocycles. The molecule has 0 fully saturated rings. The van der Waals surface area contributed by atoms with Crippen LogP contribution in [-0.4, -0.2) is 44.8 Å². The Bertz CT molecular complexity index is 1650. The van der Waals surface area contributed by atoms with E-state index in [0.717, 1.165) is 21.0 Å². The van der Waals surface area contributed by atoms with E-state index in [-0.39, 0.29) is 29.5 Å². The Balaban J connectivity index is 1.82. The van der Waals surface area contributed by atoms with Gasteiger partial charge in [-0.05, 0) is 60.4 Å². The Morgan fingerprint density at radius 2 is 1.45 bits per heavy atom. The Morgan fingerprint density at radius 1 is 0.833 bits per heavy atom. The minimum atomic E-state index is -4.19. The number of halogens is 1. The number of rotatable bonds is 11. The van der Waals surface area contributed by atoms with Gasteiger partial charge in [0.05, 0.1) is 10.6 Å². The molecule has 0 aliphatic heterocycles. The molecule has 42 heavy (non-hydrogen) atoms. The molecule has 0 radical (unpaired) electrons. The average Bonchev–Trinajstić information content (AvgIpc) is 3.00. The van der Waals surface area contributed by atoms with Crippen molar-refractivity contribution in [2.45, 2.75) is 37.8 Å². The maximum absolute atomic E-state index is 14.4. The van der Waals surface area contributed by atoms with Gasteiger partial charge in [-0.3, -0.25) is 13.9 Å². The summed E-state index contributed by atoms with van der Waals surface area (Å²) >= 11 is 6.41. The highest BCUT2D eigenvalue weighted by atomic mass is 35.5. The number of nitrogens with one attached hydrogen (secondary N) is 1. The smallest absolute Gasteiger partial charge is 0.264 e. The van der Waals surface area contributed by atoms with Crippen molar-refractivity contribution in [3.8, 4) is 0 Å². The predicted molar refractivity (Wildman–Crippen MR) is 167 cm³/mol. The third-order valence-electron chi connectivity index (χ3n) is 7.24. The number of sulfonamides is 1. The van der Waals surface area contributed by atoms with Gasteiger partial charge in [-0.15, -0.1) is 0 Å². The summed E-state index contributed by atoms with van der Waals surface area (Å²) in [5.74, 6) is -0.876. The molecular weight excluding hydrogens is 570 g/mol. The lowest BCUT2D eigenvalue weighted by molar-refractivity contribution is -0.139. The van der Waals surface area contributed by atoms with Crippen molar-refractivity contribution < 1.29 is 18.0 Å². The third-order valence-corrected chi connectivity index (χ3v) is 9.42. The molecule has 0 bridgehead atoms. The van der Waals surface area contributed by atoms with Crippen molar-refractivity contribution in [2.24, 2.45) is 0 Å². The predicted octanol–water partition coefficient (Wildman–Crippen LogP) is 5.54. The molecule has 0 saturated heterocycles. The standard InChI is InChI=1S/C33H34ClN3O4S/c1-24-13-10-11-16-27(24)22-36(31(33(39)35-3)21-26-14-6-4-7-15-26)32(38)23-37(30-20-12-19-29(34)25(30)2)42(40,41)28-17-8-5-9-18-28/h4-20,31H,21-23H2,1-3H3,(H,35,39)/t31-/m1/s1. The maximum atomic E-state index is 14.4. The zero-order valence-corrected chi connectivity index (χ0v) is 25.4. The average molecular weight is 604 g/mol. The van der Waals surface area contributed by atoms with E-state index in [1.54, 1.807) is 43.3 Å². The van der Waals surface area contributed by atoms with Crippen LogP contribution in [0.25, 0.3) is 0 Å². The molecule has 0 aliphatic rings. The quantitative estimate of drug-likeness (QED) is 0.244. The van der Waals surface area contributed by atoms with E-state index < -0.39 is 28.5 Å². The molecule has 0 unspecified atom stereocenters. The fourth-order valence-corrected chi connectivity index (χ4v) is 6.45. The molecule has 4 aromatic carbocycles. The number of nitrogens with zero attached hydrogens (tertiary/aromatic N) is 2. The van der Waals surface area contributed by atoms with Crippen LogP contribution in [0.5, 0.6) is 0 Å². The van der Waals surface area contributed by atoms with Crippen LogP contribution < -0.4 is 9.62 Å². The van der Waals surface area contributed by atoms with Gasteiger partial charge in [-0.1, -0.05) is 90.5 Å². The summed E-state index contributed by atoms with van der Waals surface area (Å²) in [5.41, 5.74) is 3.47. The number of hydrogen-bond donors (Lipinski definition) is 1. The molecule has 1 N–H and O–H groups in total. The first-order valence-electron chi connectivity index (χ1n) is 13.6. The summed E-state index contributed by atoms with van der Waals surface area (Å²) < 4.78 is 29.2. The lowest BCUT2D eigenvalue weighted by Crippen LogP contribution is -2.53. The second-order valence-electron chi connectivity index (χ2n) is 9.98. The van der Waals surface area contributed by atoms with Gasteiger partial charge < -0.3 is 10.2 Å². The van der Waals surface area contributed by atoms with Crippen LogP contribution >= 0.6 is 11.6 Å². The fraction of sp³-hybridized carbons (Fsp3) is 0.212. The van der Waals surface area contributed by atoms with E-state index in [1.165, 1.54) is 24.1 Å². The molecule has 218 valence electrons. The van der Waals surface area contributed by atoms with Crippen LogP contribution in [0.3, 0.4) is 0 Å². The number of aryl methyl sites for hydroxylation is 1. The molecular formula is C33H34ClN3O4S. The van der Waals surface area contributed by atoms with Crippen LogP contribution in [0.15, 0.2) is 108 Å². The molecule has 0 aromatic heterocycles. The number of benzene rings is 4. The van der Waals surface area contributed by atoms with Gasteiger partial charge in [0.2, 0.25) is 11.8 Å². The van der Waals surface area contributed by atoms with Gasteiger partial charge in [0.25, 0.3) is 10.0 Å². The van der Waals surface area contributed by atoms with E-state index in [1.807, 2.05) is 61.5 Å². The van der Waals surface area contributed by atoms with Gasteiger partial charge in [0.1, 0.15) is 12.6 Å². The Morgan fingerprint density at radius 3 is 2.10 bits per heavy atom. The fourth-order valence-electron chi connectivity index (χ4n) is 4.79. The highest BCUT2D eigenvalue weighted by Crippen LogP contribution is 2.31. The van der Waals surface area contributed by atoms with Gasteiger partial charge in [0, 0.05) is 25.0 Å². The van der Waals surface area contributed by atoms with Gasteiger partial charge in [-0.25, -0.2) is 8.42 Å². The Hall–Kier alpha value is -4.14. The summed E-state index contributed by atoms with van der Waals surface area (Å²) in [6.45, 7) is 3.23. The molecule has 4 rings (SSSR count). The molecule has 4 aromatic rings. The largest absolute Gasteiger partial charge is 0.357 e.